The normalized spacial score (nSPS) is 14.7. The van der Waals surface area contributed by atoms with Crippen LogP contribution in [0.25, 0.3) is 11.3 Å². The molecule has 1 fully saturated rings. The number of benzene rings is 1. The minimum absolute atomic E-state index is 0.193. The van der Waals surface area contributed by atoms with Gasteiger partial charge in [-0.15, -0.1) is 10.2 Å². The van der Waals surface area contributed by atoms with Crippen LogP contribution in [-0.4, -0.2) is 32.8 Å². The molecule has 2 heterocycles. The van der Waals surface area contributed by atoms with Gasteiger partial charge in [-0.05, 0) is 54.8 Å². The summed E-state index contributed by atoms with van der Waals surface area (Å²) in [6, 6.07) is 10.4. The molecule has 1 aromatic carbocycles. The molecule has 0 bridgehead atoms. The average molecular weight is 410 g/mol. The zero-order chi connectivity index (χ0) is 21.1. The highest BCUT2D eigenvalue weighted by atomic mass is 19.1. The Bertz CT molecular complexity index is 1070. The molecule has 154 valence electrons. The Morgan fingerprint density at radius 3 is 2.57 bits per heavy atom. The maximum absolute atomic E-state index is 14.2. The molecule has 0 saturated heterocycles. The fourth-order valence-electron chi connectivity index (χ4n) is 3.76. The highest BCUT2D eigenvalue weighted by Crippen LogP contribution is 2.43. The molecule has 4 rings (SSSR count). The Morgan fingerprint density at radius 2 is 1.93 bits per heavy atom. The molecule has 3 aromatic rings. The van der Waals surface area contributed by atoms with E-state index in [-0.39, 0.29) is 23.2 Å². The summed E-state index contributed by atoms with van der Waals surface area (Å²) >= 11 is 0. The van der Waals surface area contributed by atoms with Gasteiger partial charge in [0, 0.05) is 23.7 Å². The zero-order valence-corrected chi connectivity index (χ0v) is 16.1. The molecule has 0 radical (unpaired) electrons. The number of carboxylic acids is 1. The van der Waals surface area contributed by atoms with Crippen molar-refractivity contribution in [2.75, 3.05) is 11.9 Å². The average Bonchev–Trinajstić information content (AvgIpc) is 2.70. The van der Waals surface area contributed by atoms with Crippen molar-refractivity contribution in [1.82, 2.24) is 15.2 Å². The summed E-state index contributed by atoms with van der Waals surface area (Å²) in [5.41, 5.74) is 1.07. The van der Waals surface area contributed by atoms with Gasteiger partial charge in [-0.1, -0.05) is 12.5 Å². The minimum atomic E-state index is -0.993. The fourth-order valence-corrected chi connectivity index (χ4v) is 3.76. The van der Waals surface area contributed by atoms with Crippen molar-refractivity contribution >= 4 is 11.8 Å². The van der Waals surface area contributed by atoms with Crippen LogP contribution in [0.5, 0.6) is 0 Å². The summed E-state index contributed by atoms with van der Waals surface area (Å²) in [5, 5.41) is 20.3. The molecule has 0 unspecified atom stereocenters. The Kier molecular flexibility index (Phi) is 5.39. The summed E-state index contributed by atoms with van der Waals surface area (Å²) in [7, 11) is 0. The molecular formula is C22H20F2N4O2. The molecule has 0 spiro atoms. The number of anilines is 1. The standard InChI is InChI=1S/C22H20F2N4O2/c23-16-5-4-14(12-20(29)30)11-15(16)18-6-7-19(28-27-18)26-13-22(8-2-9-22)21-17(24)3-1-10-25-21/h1,3-7,10-11H,2,8-9,12-13H2,(H,26,28)(H,29,30). The van der Waals surface area contributed by atoms with Crippen molar-refractivity contribution in [1.29, 1.82) is 0 Å². The number of nitrogens with zero attached hydrogens (tertiary/aromatic N) is 3. The van der Waals surface area contributed by atoms with Crippen LogP contribution >= 0.6 is 0 Å². The zero-order valence-electron chi connectivity index (χ0n) is 16.1. The summed E-state index contributed by atoms with van der Waals surface area (Å²) in [5.74, 6) is -1.31. The Balaban J connectivity index is 1.49. The topological polar surface area (TPSA) is 88.0 Å². The molecule has 1 aliphatic carbocycles. The summed E-state index contributed by atoms with van der Waals surface area (Å²) in [4.78, 5) is 15.1. The van der Waals surface area contributed by atoms with Crippen LogP contribution in [-0.2, 0) is 16.6 Å². The van der Waals surface area contributed by atoms with Crippen molar-refractivity contribution in [3.8, 4) is 11.3 Å². The van der Waals surface area contributed by atoms with Crippen LogP contribution in [0.4, 0.5) is 14.6 Å². The number of aliphatic carboxylic acids is 1. The third-order valence-corrected chi connectivity index (χ3v) is 5.51. The lowest BCUT2D eigenvalue weighted by Gasteiger charge is -2.41. The molecule has 2 aromatic heterocycles. The van der Waals surface area contributed by atoms with Crippen molar-refractivity contribution in [3.05, 3.63) is 71.6 Å². The van der Waals surface area contributed by atoms with E-state index in [0.717, 1.165) is 19.3 Å². The van der Waals surface area contributed by atoms with E-state index in [4.69, 9.17) is 5.11 Å². The van der Waals surface area contributed by atoms with Crippen molar-refractivity contribution in [3.63, 3.8) is 0 Å². The van der Waals surface area contributed by atoms with E-state index >= 15 is 0 Å². The van der Waals surface area contributed by atoms with E-state index in [1.165, 1.54) is 24.3 Å². The van der Waals surface area contributed by atoms with Gasteiger partial charge < -0.3 is 10.4 Å². The van der Waals surface area contributed by atoms with E-state index in [2.05, 4.69) is 20.5 Å². The first kappa shape index (κ1) is 19.9. The largest absolute Gasteiger partial charge is 0.481 e. The second-order valence-electron chi connectivity index (χ2n) is 7.51. The molecule has 8 heteroatoms. The minimum Gasteiger partial charge on any atom is -0.481 e. The molecule has 0 aliphatic heterocycles. The first-order chi connectivity index (χ1) is 14.5. The molecule has 6 nitrogen and oxygen atoms in total. The van der Waals surface area contributed by atoms with Crippen molar-refractivity contribution < 1.29 is 18.7 Å². The van der Waals surface area contributed by atoms with Crippen LogP contribution in [0.3, 0.4) is 0 Å². The quantitative estimate of drug-likeness (QED) is 0.613. The predicted octanol–water partition coefficient (Wildman–Crippen LogP) is 3.98. The molecule has 1 aliphatic rings. The van der Waals surface area contributed by atoms with Gasteiger partial charge in [0.1, 0.15) is 17.5 Å². The van der Waals surface area contributed by atoms with Gasteiger partial charge in [0.25, 0.3) is 0 Å². The lowest BCUT2D eigenvalue weighted by Crippen LogP contribution is -2.42. The predicted molar refractivity (Wildman–Crippen MR) is 107 cm³/mol. The van der Waals surface area contributed by atoms with Crippen molar-refractivity contribution in [2.45, 2.75) is 31.1 Å². The van der Waals surface area contributed by atoms with E-state index in [0.29, 0.717) is 29.3 Å². The Morgan fingerprint density at radius 1 is 1.10 bits per heavy atom. The van der Waals surface area contributed by atoms with E-state index < -0.39 is 11.8 Å². The smallest absolute Gasteiger partial charge is 0.307 e. The summed E-state index contributed by atoms with van der Waals surface area (Å²) in [6.45, 7) is 0.470. The van der Waals surface area contributed by atoms with E-state index in [1.54, 1.807) is 24.4 Å². The number of carbonyl (C=O) groups is 1. The van der Waals surface area contributed by atoms with Crippen LogP contribution in [0, 0.1) is 11.6 Å². The molecule has 30 heavy (non-hydrogen) atoms. The lowest BCUT2D eigenvalue weighted by atomic mass is 9.66. The monoisotopic (exact) mass is 410 g/mol. The molecule has 1 saturated carbocycles. The number of hydrogen-bond acceptors (Lipinski definition) is 5. The SMILES string of the molecule is O=C(O)Cc1ccc(F)c(-c2ccc(NCC3(c4ncccc4F)CCC3)nn2)c1. The van der Waals surface area contributed by atoms with Crippen molar-refractivity contribution in [2.24, 2.45) is 0 Å². The first-order valence-corrected chi connectivity index (χ1v) is 9.66. The summed E-state index contributed by atoms with van der Waals surface area (Å²) < 4.78 is 28.4. The van der Waals surface area contributed by atoms with Gasteiger partial charge in [0.05, 0.1) is 17.8 Å². The second kappa shape index (κ2) is 8.14. The molecule has 0 atom stereocenters. The second-order valence-corrected chi connectivity index (χ2v) is 7.51. The Labute approximate surface area is 172 Å². The number of halogens is 2. The number of aromatic nitrogens is 3. The van der Waals surface area contributed by atoms with Crippen LogP contribution in [0.2, 0.25) is 0 Å². The maximum atomic E-state index is 14.2. The highest BCUT2D eigenvalue weighted by Gasteiger charge is 2.41. The van der Waals surface area contributed by atoms with Gasteiger partial charge in [-0.25, -0.2) is 8.78 Å². The number of rotatable bonds is 7. The van der Waals surface area contributed by atoms with Gasteiger partial charge >= 0.3 is 5.97 Å². The molecular weight excluding hydrogens is 390 g/mol. The van der Waals surface area contributed by atoms with Crippen LogP contribution in [0.1, 0.15) is 30.5 Å². The van der Waals surface area contributed by atoms with Crippen LogP contribution < -0.4 is 5.32 Å². The molecule has 2 N–H and O–H groups in total. The first-order valence-electron chi connectivity index (χ1n) is 9.66. The number of nitrogens with one attached hydrogen (secondary N) is 1. The van der Waals surface area contributed by atoms with Gasteiger partial charge in [0.15, 0.2) is 0 Å². The molecule has 0 amide bonds. The van der Waals surface area contributed by atoms with Gasteiger partial charge in [-0.3, -0.25) is 9.78 Å². The van der Waals surface area contributed by atoms with E-state index in [1.807, 2.05) is 0 Å². The lowest BCUT2D eigenvalue weighted by molar-refractivity contribution is -0.136. The fraction of sp³-hybridized carbons (Fsp3) is 0.273. The van der Waals surface area contributed by atoms with E-state index in [9.17, 15) is 13.6 Å². The third-order valence-electron chi connectivity index (χ3n) is 5.51. The number of pyridine rings is 1. The number of carboxylic acid groups (broad SMARTS) is 1. The Hall–Kier alpha value is -3.42. The number of hydrogen-bond donors (Lipinski definition) is 2. The van der Waals surface area contributed by atoms with Crippen LogP contribution in [0.15, 0.2) is 48.7 Å². The maximum Gasteiger partial charge on any atom is 0.307 e. The third kappa shape index (κ3) is 3.98. The van der Waals surface area contributed by atoms with Gasteiger partial charge in [0.2, 0.25) is 0 Å². The summed E-state index contributed by atoms with van der Waals surface area (Å²) in [6.07, 6.45) is 4.07. The van der Waals surface area contributed by atoms with Gasteiger partial charge in [-0.2, -0.15) is 0 Å². The highest BCUT2D eigenvalue weighted by molar-refractivity contribution is 5.71.